The van der Waals surface area contributed by atoms with Crippen LogP contribution in [0.15, 0.2) is 164 Å². The van der Waals surface area contributed by atoms with E-state index in [9.17, 15) is 19.2 Å². The summed E-state index contributed by atoms with van der Waals surface area (Å²) < 4.78 is 78.4. The molecule has 0 unspecified atom stereocenters. The van der Waals surface area contributed by atoms with Crippen molar-refractivity contribution in [2.75, 3.05) is 67.5 Å². The average molecular weight is 1620 g/mol. The molecule has 2 fully saturated rings. The Bertz CT molecular complexity index is 6270. The van der Waals surface area contributed by atoms with Gasteiger partial charge in [-0.15, -0.1) is 0 Å². The molecule has 8 heterocycles. The van der Waals surface area contributed by atoms with Gasteiger partial charge in [0.2, 0.25) is 11.8 Å². The highest BCUT2D eigenvalue weighted by Crippen LogP contribution is 2.43. The van der Waals surface area contributed by atoms with E-state index in [-0.39, 0.29) is 29.4 Å². The first kappa shape index (κ1) is 80.4. The van der Waals surface area contributed by atoms with Crippen LogP contribution < -0.4 is 68.6 Å². The molecule has 612 valence electrons. The second kappa shape index (κ2) is 34.5. The monoisotopic (exact) mass is 1620 g/mol. The molecule has 4 N–H and O–H groups in total. The lowest BCUT2D eigenvalue weighted by Crippen LogP contribution is -2.25. The summed E-state index contributed by atoms with van der Waals surface area (Å²) in [5, 5.41) is 18.8. The highest BCUT2D eigenvalue weighted by Gasteiger charge is 2.30. The molecule has 120 heavy (non-hydrogen) atoms. The summed E-state index contributed by atoms with van der Waals surface area (Å²) >= 11 is 0. The smallest absolute Gasteiger partial charge is 0.255 e. The molecule has 0 bridgehead atoms. The third-order valence-corrected chi connectivity index (χ3v) is 20.3. The predicted octanol–water partition coefficient (Wildman–Crippen LogP) is 18.8. The van der Waals surface area contributed by atoms with Crippen LogP contribution in [0.25, 0.3) is 87.5 Å². The number of fused-ring (bicyclic) bond motifs is 8. The zero-order chi connectivity index (χ0) is 84.2. The number of anilines is 4. The third-order valence-electron chi connectivity index (χ3n) is 20.3. The van der Waals surface area contributed by atoms with Crippen LogP contribution in [0.1, 0.15) is 117 Å². The van der Waals surface area contributed by atoms with E-state index in [2.05, 4.69) is 61.1 Å². The van der Waals surface area contributed by atoms with Gasteiger partial charge >= 0.3 is 0 Å². The first-order chi connectivity index (χ1) is 58.2. The lowest BCUT2D eigenvalue weighted by Gasteiger charge is -2.12. The number of aryl methyl sites for hydroxylation is 4. The number of rotatable bonds is 24. The predicted molar refractivity (Wildman–Crippen MR) is 451 cm³/mol. The van der Waals surface area contributed by atoms with E-state index in [1.165, 1.54) is 25.3 Å². The highest BCUT2D eigenvalue weighted by atomic mass is 16.5. The maximum Gasteiger partial charge on any atom is 0.255 e. The number of hydrogen-bond donors (Lipinski definition) is 4. The Morgan fingerprint density at radius 3 is 0.942 bits per heavy atom. The SMILES string of the molecule is CCC(=O)c1c(C)oc2cc(Nc3ncnc4cc(OC)c(OC)cc34)ccc12.CCC(=O)c1c(C)oc2cc(Oc3ncnc4cc(OC)c(OC)cc34)ccc12.COc1cc2ncnc(Nc3ccc4c(C(=O)NC5CC5)c(C)oc4c3)c2cc1OC.COc1cc2ncnc(Oc3ccc4c(C(=O)NC5CC5)c(C)oc4c3)c2cc1OC. The number of ketones is 2. The van der Waals surface area contributed by atoms with E-state index in [0.29, 0.717) is 189 Å². The molecule has 0 saturated heterocycles. The molecule has 0 atom stereocenters. The van der Waals surface area contributed by atoms with Crippen molar-refractivity contribution in [2.45, 2.75) is 92.2 Å². The number of Topliss-reactive ketones (excluding diaryl/α,β-unsaturated/α-hetero) is 2. The van der Waals surface area contributed by atoms with Crippen LogP contribution in [0.2, 0.25) is 0 Å². The Kier molecular flexibility index (Phi) is 23.1. The number of aromatic nitrogens is 8. The van der Waals surface area contributed by atoms with Gasteiger partial charge in [0, 0.05) is 117 Å². The summed E-state index contributed by atoms with van der Waals surface area (Å²) in [6.07, 6.45) is 10.8. The van der Waals surface area contributed by atoms with Crippen molar-refractivity contribution in [3.8, 4) is 69.3 Å². The second-order valence-electron chi connectivity index (χ2n) is 28.1. The van der Waals surface area contributed by atoms with Crippen LogP contribution in [0.5, 0.6) is 69.3 Å². The fourth-order valence-electron chi connectivity index (χ4n) is 14.0. The fourth-order valence-corrected chi connectivity index (χ4v) is 14.0. The maximum absolute atomic E-state index is 12.6. The highest BCUT2D eigenvalue weighted by molar-refractivity contribution is 6.11. The summed E-state index contributed by atoms with van der Waals surface area (Å²) in [5.41, 5.74) is 9.25. The number of carbonyl (C=O) groups is 4. The molecule has 8 aromatic heterocycles. The summed E-state index contributed by atoms with van der Waals surface area (Å²) in [4.78, 5) is 84.2. The van der Waals surface area contributed by atoms with Crippen molar-refractivity contribution < 1.29 is 84.2 Å². The second-order valence-corrected chi connectivity index (χ2v) is 28.1. The topological polar surface area (TPSA) is 364 Å². The number of nitrogens with zero attached hydrogens (tertiary/aromatic N) is 8. The largest absolute Gasteiger partial charge is 0.493 e. The molecule has 2 aliphatic rings. The van der Waals surface area contributed by atoms with Crippen LogP contribution in [0, 0.1) is 27.7 Å². The van der Waals surface area contributed by atoms with Gasteiger partial charge in [0.1, 0.15) is 93.8 Å². The normalized spacial score (nSPS) is 12.2. The van der Waals surface area contributed by atoms with Gasteiger partial charge < -0.3 is 86.3 Å². The number of methoxy groups -OCH3 is 8. The Morgan fingerprint density at radius 2 is 0.617 bits per heavy atom. The molecule has 16 aromatic rings. The van der Waals surface area contributed by atoms with Crippen molar-refractivity contribution in [2.24, 2.45) is 0 Å². The molecule has 2 saturated carbocycles. The van der Waals surface area contributed by atoms with Gasteiger partial charge in [0.05, 0.1) is 112 Å². The number of hydrogen-bond acceptors (Lipinski definition) is 28. The summed E-state index contributed by atoms with van der Waals surface area (Å²) in [7, 11) is 12.6. The number of nitrogens with one attached hydrogen (secondary N) is 4. The Labute approximate surface area is 686 Å². The van der Waals surface area contributed by atoms with Crippen molar-refractivity contribution in [3.63, 3.8) is 0 Å². The molecule has 0 aliphatic heterocycles. The van der Waals surface area contributed by atoms with Crippen molar-refractivity contribution in [3.05, 3.63) is 192 Å². The standard InChI is InChI=1S/C23H22N4O4.C23H21N3O5.C22H21N3O4.C22H20N2O5/c1-12-21(23(28)27-13-4-5-13)15-7-6-14(8-18(15)31-12)26-22-16-9-19(29-2)20(30-3)10-17(16)24-11-25-22;1-12-21(22(27)26-13-4-5-13)15-7-6-14(8-18(15)30-12)31-23-16-9-19(28-2)20(29-3)10-17(16)24-11-25-23;1-5-17(26)21-12(2)29-18-8-13(6-7-14(18)21)25-22-15-9-19(27-3)20(28-4)10-16(15)23-11-24-22;1-5-17(25)21-12(2)28-18-8-13(6-7-14(18)21)29-22-15-9-19(26-3)20(27-4)10-16(15)23-11-24-22/h6-11,13H,4-5H2,1-3H3,(H,27,28)(H,24,25,26);6-11,13H,4-5H2,1-3H3,(H,26,27);6-11H,5H2,1-4H3,(H,23,24,25);6-11H,5H2,1-4H3. The lowest BCUT2D eigenvalue weighted by atomic mass is 10.0. The Morgan fingerprint density at radius 1 is 0.333 bits per heavy atom. The van der Waals surface area contributed by atoms with Gasteiger partial charge in [-0.2, -0.15) is 0 Å². The van der Waals surface area contributed by atoms with Crippen LogP contribution in [0.4, 0.5) is 23.0 Å². The van der Waals surface area contributed by atoms with Gasteiger partial charge in [0.25, 0.3) is 11.8 Å². The lowest BCUT2D eigenvalue weighted by molar-refractivity contribution is 0.0942. The molecule has 0 radical (unpaired) electrons. The molecular weight excluding hydrogens is 1540 g/mol. The molecule has 30 heteroatoms. The van der Waals surface area contributed by atoms with Gasteiger partial charge in [-0.1, -0.05) is 13.8 Å². The van der Waals surface area contributed by atoms with Crippen molar-refractivity contribution in [1.82, 2.24) is 50.5 Å². The van der Waals surface area contributed by atoms with Gasteiger partial charge in [0.15, 0.2) is 57.6 Å². The number of carbonyl (C=O) groups excluding carboxylic acids is 4. The summed E-state index contributed by atoms with van der Waals surface area (Å²) in [5.74, 6) is 10.1. The van der Waals surface area contributed by atoms with E-state index in [0.717, 1.165) is 80.4 Å². The summed E-state index contributed by atoms with van der Waals surface area (Å²) in [6.45, 7) is 10.9. The molecular formula is C90H84N12O18. The molecule has 30 nitrogen and oxygen atoms in total. The maximum atomic E-state index is 12.6. The average Bonchev–Trinajstić information content (AvgIpc) is 1.61. The van der Waals surface area contributed by atoms with Crippen LogP contribution in [-0.4, -0.2) is 132 Å². The van der Waals surface area contributed by atoms with Crippen molar-refractivity contribution in [1.29, 1.82) is 0 Å². The van der Waals surface area contributed by atoms with Gasteiger partial charge in [-0.3, -0.25) is 19.2 Å². The quantitative estimate of drug-likeness (QED) is 0.0408. The third kappa shape index (κ3) is 16.5. The van der Waals surface area contributed by atoms with Crippen molar-refractivity contribution >= 4 is 134 Å². The van der Waals surface area contributed by atoms with Gasteiger partial charge in [-0.25, -0.2) is 39.9 Å². The van der Waals surface area contributed by atoms with E-state index in [1.54, 1.807) is 119 Å². The zero-order valence-electron chi connectivity index (χ0n) is 68.2. The molecule has 2 amide bonds. The molecule has 8 aromatic carbocycles. The van der Waals surface area contributed by atoms with E-state index in [1.807, 2.05) is 100 Å². The number of benzene rings is 8. The first-order valence-corrected chi connectivity index (χ1v) is 38.4. The number of ether oxygens (including phenoxy) is 10. The minimum atomic E-state index is -0.102. The molecule has 0 spiro atoms. The van der Waals surface area contributed by atoms with Crippen LogP contribution >= 0.6 is 0 Å². The van der Waals surface area contributed by atoms with Gasteiger partial charge in [-0.05, 0) is 126 Å². The molecule has 2 aliphatic carbocycles. The van der Waals surface area contributed by atoms with Crippen LogP contribution in [-0.2, 0) is 0 Å². The minimum Gasteiger partial charge on any atom is -0.493 e. The summed E-state index contributed by atoms with van der Waals surface area (Å²) in [6, 6.07) is 37.0. The first-order valence-electron chi connectivity index (χ1n) is 38.4. The molecule has 18 rings (SSSR count). The van der Waals surface area contributed by atoms with E-state index < -0.39 is 0 Å². The fraction of sp³-hybridized carbons (Fsp3) is 0.244. The minimum absolute atomic E-state index is 0.0535. The number of furan rings is 4. The van der Waals surface area contributed by atoms with E-state index >= 15 is 0 Å². The van der Waals surface area contributed by atoms with E-state index in [4.69, 9.17) is 65.0 Å². The zero-order valence-corrected chi connectivity index (χ0v) is 68.2. The van der Waals surface area contributed by atoms with Crippen LogP contribution in [0.3, 0.4) is 0 Å². The number of amides is 2. The Balaban J connectivity index is 0.000000125. The Hall–Kier alpha value is -14.8.